The van der Waals surface area contributed by atoms with Crippen LogP contribution in [0.1, 0.15) is 39.9 Å². The van der Waals surface area contributed by atoms with Crippen molar-refractivity contribution < 1.29 is 9.53 Å². The van der Waals surface area contributed by atoms with Gasteiger partial charge in [0.05, 0.1) is 12.7 Å². The summed E-state index contributed by atoms with van der Waals surface area (Å²) in [7, 11) is 1.72. The summed E-state index contributed by atoms with van der Waals surface area (Å²) in [6, 6.07) is 8.18. The lowest BCUT2D eigenvalue weighted by Crippen LogP contribution is -2.49. The summed E-state index contributed by atoms with van der Waals surface area (Å²) in [5, 5.41) is 0. The molecule has 2 aliphatic heterocycles. The van der Waals surface area contributed by atoms with E-state index in [-0.39, 0.29) is 5.91 Å². The van der Waals surface area contributed by atoms with Crippen molar-refractivity contribution in [3.05, 3.63) is 52.7 Å². The van der Waals surface area contributed by atoms with Gasteiger partial charge in [0.15, 0.2) is 0 Å². The van der Waals surface area contributed by atoms with Gasteiger partial charge in [-0.1, -0.05) is 6.07 Å². The highest BCUT2D eigenvalue weighted by molar-refractivity contribution is 5.94. The van der Waals surface area contributed by atoms with Crippen LogP contribution in [0.5, 0.6) is 5.75 Å². The van der Waals surface area contributed by atoms with Gasteiger partial charge in [-0.25, -0.2) is 4.98 Å². The minimum atomic E-state index is 0.0988. The summed E-state index contributed by atoms with van der Waals surface area (Å²) < 4.78 is 5.42. The number of benzene rings is 1. The average Bonchev–Trinajstić information content (AvgIpc) is 3.35. The van der Waals surface area contributed by atoms with Gasteiger partial charge in [-0.15, -0.1) is 0 Å². The van der Waals surface area contributed by atoms with Gasteiger partial charge in [0, 0.05) is 52.0 Å². The zero-order chi connectivity index (χ0) is 21.8. The van der Waals surface area contributed by atoms with E-state index in [2.05, 4.69) is 40.8 Å². The molecule has 0 N–H and O–H groups in total. The molecule has 6 heteroatoms. The van der Waals surface area contributed by atoms with Crippen LogP contribution >= 0.6 is 0 Å². The van der Waals surface area contributed by atoms with Crippen molar-refractivity contribution in [1.29, 1.82) is 0 Å². The molecule has 0 aliphatic carbocycles. The Morgan fingerprint density at radius 1 is 0.968 bits per heavy atom. The Morgan fingerprint density at radius 3 is 2.35 bits per heavy atom. The van der Waals surface area contributed by atoms with Crippen LogP contribution in [0.4, 0.5) is 5.82 Å². The van der Waals surface area contributed by atoms with E-state index in [1.807, 2.05) is 17.0 Å². The molecule has 0 spiro atoms. The lowest BCUT2D eigenvalue weighted by molar-refractivity contribution is 0.0638. The van der Waals surface area contributed by atoms with Crippen molar-refractivity contribution in [2.45, 2.75) is 33.1 Å². The van der Waals surface area contributed by atoms with E-state index in [1.165, 1.54) is 29.5 Å². The maximum Gasteiger partial charge on any atom is 0.255 e. The van der Waals surface area contributed by atoms with Crippen LogP contribution in [0.2, 0.25) is 0 Å². The molecule has 0 bridgehead atoms. The normalized spacial score (nSPS) is 17.3. The van der Waals surface area contributed by atoms with E-state index in [0.29, 0.717) is 5.56 Å². The van der Waals surface area contributed by atoms with E-state index in [0.717, 1.165) is 63.8 Å². The monoisotopic (exact) mass is 422 g/mol. The molecule has 31 heavy (non-hydrogen) atoms. The molecule has 6 nitrogen and oxygen atoms in total. The molecule has 0 atom stereocenters. The number of methoxy groups -OCH3 is 1. The number of anilines is 1. The number of carbonyl (C=O) groups excluding carboxylic acids is 1. The van der Waals surface area contributed by atoms with E-state index < -0.39 is 0 Å². The average molecular weight is 423 g/mol. The summed E-state index contributed by atoms with van der Waals surface area (Å²) in [5.41, 5.74) is 4.61. The number of amides is 1. The van der Waals surface area contributed by atoms with E-state index in [4.69, 9.17) is 4.74 Å². The smallest absolute Gasteiger partial charge is 0.255 e. The summed E-state index contributed by atoms with van der Waals surface area (Å²) in [6.45, 7) is 10.8. The summed E-state index contributed by atoms with van der Waals surface area (Å²) >= 11 is 0. The standard InChI is InChI=1S/C25H34N4O2/c1-19-20(2)23(31-3)8-6-21(19)10-13-27-14-16-29(17-15-27)25(30)22-7-9-24(26-18-22)28-11-4-5-12-28/h6-9,18H,4-5,10-17H2,1-3H3. The number of ether oxygens (including phenoxy) is 1. The fraction of sp³-hybridized carbons (Fsp3) is 0.520. The minimum Gasteiger partial charge on any atom is -0.496 e. The first-order chi connectivity index (χ1) is 15.1. The third-order valence-corrected chi connectivity index (χ3v) is 6.85. The Kier molecular flexibility index (Phi) is 6.76. The van der Waals surface area contributed by atoms with Crippen LogP contribution < -0.4 is 9.64 Å². The molecule has 2 fully saturated rings. The Labute approximate surface area is 185 Å². The first-order valence-electron chi connectivity index (χ1n) is 11.4. The van der Waals surface area contributed by atoms with Crippen LogP contribution in [0.3, 0.4) is 0 Å². The van der Waals surface area contributed by atoms with Crippen LogP contribution in [-0.4, -0.2) is 73.6 Å². The van der Waals surface area contributed by atoms with E-state index in [1.54, 1.807) is 13.3 Å². The number of aromatic nitrogens is 1. The second-order valence-electron chi connectivity index (χ2n) is 8.66. The molecule has 0 radical (unpaired) electrons. The molecule has 0 saturated carbocycles. The zero-order valence-corrected chi connectivity index (χ0v) is 19.1. The number of carbonyl (C=O) groups is 1. The summed E-state index contributed by atoms with van der Waals surface area (Å²) in [6.07, 6.45) is 5.22. The molecule has 2 aromatic rings. The second-order valence-corrected chi connectivity index (χ2v) is 8.66. The lowest BCUT2D eigenvalue weighted by atomic mass is 9.99. The summed E-state index contributed by atoms with van der Waals surface area (Å²) in [5.74, 6) is 2.04. The highest BCUT2D eigenvalue weighted by Gasteiger charge is 2.23. The SMILES string of the molecule is COc1ccc(CCN2CCN(C(=O)c3ccc(N4CCCC4)nc3)CC2)c(C)c1C. The van der Waals surface area contributed by atoms with Crippen molar-refractivity contribution >= 4 is 11.7 Å². The number of hydrogen-bond donors (Lipinski definition) is 0. The van der Waals surface area contributed by atoms with Crippen molar-refractivity contribution in [2.24, 2.45) is 0 Å². The highest BCUT2D eigenvalue weighted by Crippen LogP contribution is 2.24. The Balaban J connectivity index is 1.27. The van der Waals surface area contributed by atoms with Crippen LogP contribution in [0.15, 0.2) is 30.5 Å². The molecule has 3 heterocycles. The van der Waals surface area contributed by atoms with Crippen LogP contribution in [0.25, 0.3) is 0 Å². The minimum absolute atomic E-state index is 0.0988. The van der Waals surface area contributed by atoms with Gasteiger partial charge in [0.2, 0.25) is 0 Å². The third kappa shape index (κ3) is 4.85. The van der Waals surface area contributed by atoms with Gasteiger partial charge >= 0.3 is 0 Å². The summed E-state index contributed by atoms with van der Waals surface area (Å²) in [4.78, 5) is 24.2. The lowest BCUT2D eigenvalue weighted by Gasteiger charge is -2.35. The van der Waals surface area contributed by atoms with Gasteiger partial charge in [0.1, 0.15) is 11.6 Å². The molecule has 4 rings (SSSR count). The predicted molar refractivity (Wildman–Crippen MR) is 124 cm³/mol. The maximum atomic E-state index is 12.9. The fourth-order valence-electron chi connectivity index (χ4n) is 4.63. The Bertz CT molecular complexity index is 898. The quantitative estimate of drug-likeness (QED) is 0.715. The topological polar surface area (TPSA) is 48.9 Å². The Hall–Kier alpha value is -2.60. The largest absolute Gasteiger partial charge is 0.496 e. The van der Waals surface area contributed by atoms with Gasteiger partial charge in [-0.2, -0.15) is 0 Å². The first kappa shape index (κ1) is 21.6. The molecular formula is C25H34N4O2. The second kappa shape index (κ2) is 9.69. The number of piperazine rings is 1. The predicted octanol–water partition coefficient (Wildman–Crippen LogP) is 3.31. The van der Waals surface area contributed by atoms with Crippen molar-refractivity contribution in [2.75, 3.05) is 57.8 Å². The van der Waals surface area contributed by atoms with Crippen molar-refractivity contribution in [3.63, 3.8) is 0 Å². The molecule has 166 valence electrons. The molecule has 2 aliphatic rings. The number of hydrogen-bond acceptors (Lipinski definition) is 5. The maximum absolute atomic E-state index is 12.9. The van der Waals surface area contributed by atoms with Crippen LogP contribution in [-0.2, 0) is 6.42 Å². The van der Waals surface area contributed by atoms with E-state index >= 15 is 0 Å². The molecule has 1 amide bonds. The fourth-order valence-corrected chi connectivity index (χ4v) is 4.63. The van der Waals surface area contributed by atoms with Crippen LogP contribution in [0, 0.1) is 13.8 Å². The molecule has 0 unspecified atom stereocenters. The number of nitrogens with zero attached hydrogens (tertiary/aromatic N) is 4. The Morgan fingerprint density at radius 2 is 1.71 bits per heavy atom. The number of pyridine rings is 1. The van der Waals surface area contributed by atoms with Gasteiger partial charge < -0.3 is 14.5 Å². The van der Waals surface area contributed by atoms with Gasteiger partial charge in [-0.05, 0) is 68.0 Å². The van der Waals surface area contributed by atoms with Gasteiger partial charge in [-0.3, -0.25) is 9.69 Å². The van der Waals surface area contributed by atoms with Crippen molar-refractivity contribution in [1.82, 2.24) is 14.8 Å². The zero-order valence-electron chi connectivity index (χ0n) is 19.1. The van der Waals surface area contributed by atoms with E-state index in [9.17, 15) is 4.79 Å². The highest BCUT2D eigenvalue weighted by atomic mass is 16.5. The molecule has 1 aromatic carbocycles. The molecule has 2 saturated heterocycles. The third-order valence-electron chi connectivity index (χ3n) is 6.85. The first-order valence-corrected chi connectivity index (χ1v) is 11.4. The van der Waals surface area contributed by atoms with Crippen molar-refractivity contribution in [3.8, 4) is 5.75 Å². The number of rotatable bonds is 6. The molecular weight excluding hydrogens is 388 g/mol. The van der Waals surface area contributed by atoms with Gasteiger partial charge in [0.25, 0.3) is 5.91 Å². The molecule has 1 aromatic heterocycles.